The summed E-state index contributed by atoms with van der Waals surface area (Å²) in [7, 11) is -4.02. The van der Waals surface area contributed by atoms with Crippen molar-refractivity contribution in [2.75, 3.05) is 28.8 Å². The van der Waals surface area contributed by atoms with Gasteiger partial charge in [-0.15, -0.1) is 0 Å². The summed E-state index contributed by atoms with van der Waals surface area (Å²) in [6.45, 7) is 9.62. The second-order valence-electron chi connectivity index (χ2n) is 10.3. The average molecular weight is 554 g/mol. The van der Waals surface area contributed by atoms with Gasteiger partial charge in [0, 0.05) is 23.8 Å². The Labute approximate surface area is 231 Å². The minimum absolute atomic E-state index is 0.117. The quantitative estimate of drug-likeness (QED) is 0.357. The van der Waals surface area contributed by atoms with Crippen molar-refractivity contribution in [2.24, 2.45) is 5.92 Å². The van der Waals surface area contributed by atoms with E-state index >= 15 is 0 Å². The second-order valence-corrected chi connectivity index (χ2v) is 12.6. The van der Waals surface area contributed by atoms with Gasteiger partial charge in [0.05, 0.1) is 16.6 Å². The Morgan fingerprint density at radius 3 is 2.42 bits per heavy atom. The van der Waals surface area contributed by atoms with E-state index in [1.165, 1.54) is 18.5 Å². The minimum atomic E-state index is -4.02. The predicted octanol–water partition coefficient (Wildman–Crippen LogP) is 6.27. The third kappa shape index (κ3) is 6.51. The molecule has 0 aliphatic carbocycles. The number of benzene rings is 3. The Morgan fingerprint density at radius 2 is 1.76 bits per heavy atom. The van der Waals surface area contributed by atoms with E-state index in [0.29, 0.717) is 22.2 Å². The second kappa shape index (κ2) is 11.8. The summed E-state index contributed by atoms with van der Waals surface area (Å²) >= 11 is 6.23. The molecule has 3 aromatic rings. The predicted molar refractivity (Wildman–Crippen MR) is 156 cm³/mol. The lowest BCUT2D eigenvalue weighted by Crippen LogP contribution is -2.42. The van der Waals surface area contributed by atoms with Gasteiger partial charge < -0.3 is 10.2 Å². The molecule has 6 nitrogen and oxygen atoms in total. The molecule has 2 atom stereocenters. The monoisotopic (exact) mass is 553 g/mol. The van der Waals surface area contributed by atoms with Crippen molar-refractivity contribution in [1.29, 1.82) is 0 Å². The van der Waals surface area contributed by atoms with Crippen molar-refractivity contribution in [3.63, 3.8) is 0 Å². The van der Waals surface area contributed by atoms with Crippen molar-refractivity contribution < 1.29 is 13.2 Å². The molecule has 1 aliphatic rings. The first kappa shape index (κ1) is 28.0. The largest absolute Gasteiger partial charge is 0.371 e. The van der Waals surface area contributed by atoms with Crippen LogP contribution in [0.15, 0.2) is 71.6 Å². The topological polar surface area (TPSA) is 69.7 Å². The van der Waals surface area contributed by atoms with Gasteiger partial charge in [0.2, 0.25) is 5.91 Å². The van der Waals surface area contributed by atoms with Crippen LogP contribution in [0.4, 0.5) is 11.4 Å². The van der Waals surface area contributed by atoms with E-state index in [2.05, 4.69) is 29.3 Å². The number of rotatable bonds is 8. The van der Waals surface area contributed by atoms with Crippen LogP contribution in [-0.2, 0) is 14.8 Å². The minimum Gasteiger partial charge on any atom is -0.371 e. The maximum absolute atomic E-state index is 13.7. The summed E-state index contributed by atoms with van der Waals surface area (Å²) in [4.78, 5) is 15.8. The number of halogens is 1. The molecular formula is C30H36ClN3O3S. The van der Waals surface area contributed by atoms with Crippen molar-refractivity contribution in [2.45, 2.75) is 51.5 Å². The fourth-order valence-electron chi connectivity index (χ4n) is 4.89. The van der Waals surface area contributed by atoms with Crippen molar-refractivity contribution in [3.05, 3.63) is 88.4 Å². The molecule has 4 rings (SSSR count). The lowest BCUT2D eigenvalue weighted by atomic mass is 9.99. The number of nitrogens with one attached hydrogen (secondary N) is 1. The number of hydrogen-bond donors (Lipinski definition) is 1. The van der Waals surface area contributed by atoms with Crippen LogP contribution in [0.2, 0.25) is 5.02 Å². The Kier molecular flexibility index (Phi) is 8.68. The van der Waals surface area contributed by atoms with Crippen LogP contribution in [0, 0.1) is 19.8 Å². The number of carbonyl (C=O) groups is 1. The van der Waals surface area contributed by atoms with E-state index in [4.69, 9.17) is 11.6 Å². The van der Waals surface area contributed by atoms with Gasteiger partial charge in [-0.2, -0.15) is 0 Å². The number of nitrogens with zero attached hydrogens (tertiary/aromatic N) is 2. The first-order valence-corrected chi connectivity index (χ1v) is 14.9. The van der Waals surface area contributed by atoms with E-state index < -0.39 is 15.9 Å². The van der Waals surface area contributed by atoms with Crippen LogP contribution in [-0.4, -0.2) is 34.0 Å². The zero-order valence-electron chi connectivity index (χ0n) is 22.4. The number of sulfonamides is 1. The van der Waals surface area contributed by atoms with Crippen molar-refractivity contribution in [1.82, 2.24) is 5.32 Å². The summed E-state index contributed by atoms with van der Waals surface area (Å²) in [5.74, 6) is 0.283. The van der Waals surface area contributed by atoms with Crippen LogP contribution in [0.1, 0.15) is 49.4 Å². The SMILES string of the molecule is Cc1ccc(S(=O)(=O)N(CC(=O)NC(C)c2ccc(N3CCCC(C)C3)cc2)c2cc(Cl)ccc2C)cc1. The van der Waals surface area contributed by atoms with Gasteiger partial charge >= 0.3 is 0 Å². The number of aryl methyl sites for hydroxylation is 2. The van der Waals surface area contributed by atoms with Crippen molar-refractivity contribution in [3.8, 4) is 0 Å². The van der Waals surface area contributed by atoms with Gasteiger partial charge in [-0.05, 0) is 87.1 Å². The van der Waals surface area contributed by atoms with Crippen LogP contribution in [0.5, 0.6) is 0 Å². The van der Waals surface area contributed by atoms with Gasteiger partial charge in [-0.3, -0.25) is 9.10 Å². The molecule has 0 radical (unpaired) electrons. The van der Waals surface area contributed by atoms with Gasteiger partial charge in [-0.1, -0.05) is 54.4 Å². The molecule has 8 heteroatoms. The highest BCUT2D eigenvalue weighted by Gasteiger charge is 2.29. The normalized spacial score (nSPS) is 16.7. The smallest absolute Gasteiger partial charge is 0.264 e. The highest BCUT2D eigenvalue weighted by atomic mass is 35.5. The molecule has 202 valence electrons. The molecule has 38 heavy (non-hydrogen) atoms. The van der Waals surface area contributed by atoms with Crippen LogP contribution >= 0.6 is 11.6 Å². The molecule has 0 bridgehead atoms. The fraction of sp³-hybridized carbons (Fsp3) is 0.367. The summed E-state index contributed by atoms with van der Waals surface area (Å²) in [6.07, 6.45) is 2.46. The first-order valence-electron chi connectivity index (χ1n) is 13.0. The molecule has 1 fully saturated rings. The van der Waals surface area contributed by atoms with E-state index in [1.54, 1.807) is 49.4 Å². The lowest BCUT2D eigenvalue weighted by Gasteiger charge is -2.33. The number of piperidine rings is 1. The standard InChI is InChI=1S/C30H36ClN3O3S/c1-21-7-15-28(16-8-21)38(36,37)34(29-18-26(31)12-9-23(29)3)20-30(35)32-24(4)25-10-13-27(14-11-25)33-17-5-6-22(2)19-33/h7-16,18,22,24H,5-6,17,19-20H2,1-4H3,(H,32,35). The maximum Gasteiger partial charge on any atom is 0.264 e. The molecule has 0 aromatic heterocycles. The van der Waals surface area contributed by atoms with E-state index in [0.717, 1.165) is 28.5 Å². The Balaban J connectivity index is 1.53. The average Bonchev–Trinajstić information content (AvgIpc) is 2.89. The maximum atomic E-state index is 13.7. The molecule has 2 unspecified atom stereocenters. The molecule has 0 spiro atoms. The van der Waals surface area contributed by atoms with E-state index in [9.17, 15) is 13.2 Å². The number of amides is 1. The highest BCUT2D eigenvalue weighted by Crippen LogP contribution is 2.30. The van der Waals surface area contributed by atoms with Crippen LogP contribution in [0.3, 0.4) is 0 Å². The summed E-state index contributed by atoms with van der Waals surface area (Å²) < 4.78 is 28.6. The molecule has 1 heterocycles. The number of hydrogen-bond acceptors (Lipinski definition) is 4. The lowest BCUT2D eigenvalue weighted by molar-refractivity contribution is -0.120. The Hall–Kier alpha value is -3.03. The zero-order chi connectivity index (χ0) is 27.4. The zero-order valence-corrected chi connectivity index (χ0v) is 24.0. The summed E-state index contributed by atoms with van der Waals surface area (Å²) in [5, 5.41) is 3.37. The van der Waals surface area contributed by atoms with E-state index in [-0.39, 0.29) is 17.5 Å². The third-order valence-corrected chi connectivity index (χ3v) is 9.14. The Bertz CT molecular complexity index is 1370. The van der Waals surface area contributed by atoms with Crippen LogP contribution < -0.4 is 14.5 Å². The van der Waals surface area contributed by atoms with Crippen LogP contribution in [0.25, 0.3) is 0 Å². The Morgan fingerprint density at radius 1 is 1.08 bits per heavy atom. The molecule has 1 N–H and O–H groups in total. The molecule has 0 saturated carbocycles. The molecule has 3 aromatic carbocycles. The third-order valence-electron chi connectivity index (χ3n) is 7.13. The van der Waals surface area contributed by atoms with Gasteiger partial charge in [0.15, 0.2) is 0 Å². The van der Waals surface area contributed by atoms with E-state index in [1.807, 2.05) is 26.0 Å². The summed E-state index contributed by atoms with van der Waals surface area (Å²) in [6, 6.07) is 19.6. The highest BCUT2D eigenvalue weighted by molar-refractivity contribution is 7.92. The fourth-order valence-corrected chi connectivity index (χ4v) is 6.53. The summed E-state index contributed by atoms with van der Waals surface area (Å²) in [5.41, 5.74) is 4.17. The molecular weight excluding hydrogens is 518 g/mol. The van der Waals surface area contributed by atoms with Gasteiger partial charge in [-0.25, -0.2) is 8.42 Å². The van der Waals surface area contributed by atoms with Crippen molar-refractivity contribution >= 4 is 38.9 Å². The first-order chi connectivity index (χ1) is 18.0. The van der Waals surface area contributed by atoms with Gasteiger partial charge in [0.25, 0.3) is 10.0 Å². The molecule has 1 amide bonds. The number of anilines is 2. The molecule has 1 aliphatic heterocycles. The molecule has 1 saturated heterocycles. The van der Waals surface area contributed by atoms with Gasteiger partial charge in [0.1, 0.15) is 6.54 Å². The number of carbonyl (C=O) groups excluding carboxylic acids is 1.